The molecule has 14 heavy (non-hydrogen) atoms. The summed E-state index contributed by atoms with van der Waals surface area (Å²) in [4.78, 5) is 0. The van der Waals surface area contributed by atoms with Crippen LogP contribution >= 0.6 is 0 Å². The molecule has 3 N–H and O–H groups in total. The van der Waals surface area contributed by atoms with Crippen LogP contribution in [0.15, 0.2) is 18.2 Å². The quantitative estimate of drug-likeness (QED) is 0.702. The molecule has 3 nitrogen and oxygen atoms in total. The summed E-state index contributed by atoms with van der Waals surface area (Å²) in [6.45, 7) is 3.68. The first-order chi connectivity index (χ1) is 6.75. The number of anilines is 2. The first-order valence-corrected chi connectivity index (χ1v) is 4.96. The Morgan fingerprint density at radius 1 is 1.50 bits per heavy atom. The summed E-state index contributed by atoms with van der Waals surface area (Å²) in [5, 5.41) is 3.39. The molecule has 1 aliphatic rings. The van der Waals surface area contributed by atoms with Crippen LogP contribution in [0.1, 0.15) is 12.0 Å². The molecule has 1 aromatic carbocycles. The Labute approximate surface area is 84.3 Å². The van der Waals surface area contributed by atoms with Crippen LogP contribution in [0.4, 0.5) is 11.4 Å². The van der Waals surface area contributed by atoms with Crippen molar-refractivity contribution in [3.63, 3.8) is 0 Å². The molecule has 0 saturated carbocycles. The standard InChI is InChI=1S/C11H16N2O/c1-8-2-3-11(10(12)6-8)13-9-4-5-14-7-9/h2-3,6,9,13H,4-5,7,12H2,1H3. The summed E-state index contributed by atoms with van der Waals surface area (Å²) in [7, 11) is 0. The third-order valence-corrected chi connectivity index (χ3v) is 2.50. The van der Waals surface area contributed by atoms with Gasteiger partial charge in [0, 0.05) is 6.61 Å². The van der Waals surface area contributed by atoms with Gasteiger partial charge >= 0.3 is 0 Å². The van der Waals surface area contributed by atoms with Gasteiger partial charge in [-0.15, -0.1) is 0 Å². The molecule has 76 valence electrons. The fourth-order valence-electron chi connectivity index (χ4n) is 1.68. The van der Waals surface area contributed by atoms with Crippen LogP contribution in [0.3, 0.4) is 0 Å². The van der Waals surface area contributed by atoms with Crippen LogP contribution in [0.2, 0.25) is 0 Å². The largest absolute Gasteiger partial charge is 0.397 e. The maximum absolute atomic E-state index is 5.90. The van der Waals surface area contributed by atoms with Crippen molar-refractivity contribution >= 4 is 11.4 Å². The summed E-state index contributed by atoms with van der Waals surface area (Å²) in [6.07, 6.45) is 1.06. The lowest BCUT2D eigenvalue weighted by molar-refractivity contribution is 0.195. The fraction of sp³-hybridized carbons (Fsp3) is 0.455. The molecule has 1 aliphatic heterocycles. The Balaban J connectivity index is 2.08. The second-order valence-electron chi connectivity index (χ2n) is 3.80. The van der Waals surface area contributed by atoms with Crippen LogP contribution in [0.25, 0.3) is 0 Å². The first-order valence-electron chi connectivity index (χ1n) is 4.96. The summed E-state index contributed by atoms with van der Waals surface area (Å²) in [5.41, 5.74) is 8.92. The number of nitrogens with one attached hydrogen (secondary N) is 1. The van der Waals surface area contributed by atoms with E-state index in [0.717, 1.165) is 31.0 Å². The molecular formula is C11H16N2O. The lowest BCUT2D eigenvalue weighted by atomic mass is 10.1. The molecule has 1 heterocycles. The molecule has 0 aromatic heterocycles. The van der Waals surface area contributed by atoms with Crippen LogP contribution in [-0.2, 0) is 4.74 Å². The van der Waals surface area contributed by atoms with E-state index < -0.39 is 0 Å². The van der Waals surface area contributed by atoms with Gasteiger partial charge in [-0.3, -0.25) is 0 Å². The Morgan fingerprint density at radius 3 is 3.00 bits per heavy atom. The Hall–Kier alpha value is -1.22. The second-order valence-corrected chi connectivity index (χ2v) is 3.80. The molecule has 1 aromatic rings. The topological polar surface area (TPSA) is 47.3 Å². The van der Waals surface area contributed by atoms with E-state index in [0.29, 0.717) is 6.04 Å². The molecule has 2 rings (SSSR count). The van der Waals surface area contributed by atoms with Crippen molar-refractivity contribution in [2.75, 3.05) is 24.3 Å². The van der Waals surface area contributed by atoms with Crippen molar-refractivity contribution in [3.05, 3.63) is 23.8 Å². The predicted octanol–water partition coefficient (Wildman–Crippen LogP) is 1.78. The summed E-state index contributed by atoms with van der Waals surface area (Å²) < 4.78 is 5.29. The Bertz CT molecular complexity index is 319. The van der Waals surface area contributed by atoms with Crippen molar-refractivity contribution in [1.29, 1.82) is 0 Å². The predicted molar refractivity (Wildman–Crippen MR) is 58.4 cm³/mol. The number of nitrogens with two attached hydrogens (primary N) is 1. The van der Waals surface area contributed by atoms with Gasteiger partial charge in [0.1, 0.15) is 0 Å². The van der Waals surface area contributed by atoms with Gasteiger partial charge < -0.3 is 15.8 Å². The maximum atomic E-state index is 5.90. The molecule has 1 saturated heterocycles. The minimum absolute atomic E-state index is 0.417. The van der Waals surface area contributed by atoms with Gasteiger partial charge in [-0.2, -0.15) is 0 Å². The van der Waals surface area contributed by atoms with Crippen molar-refractivity contribution in [1.82, 2.24) is 0 Å². The smallest absolute Gasteiger partial charge is 0.0668 e. The number of hydrogen-bond acceptors (Lipinski definition) is 3. The minimum Gasteiger partial charge on any atom is -0.397 e. The summed E-state index contributed by atoms with van der Waals surface area (Å²) >= 11 is 0. The number of rotatable bonds is 2. The molecule has 0 amide bonds. The highest BCUT2D eigenvalue weighted by molar-refractivity contribution is 5.67. The lowest BCUT2D eigenvalue weighted by Gasteiger charge is -2.14. The summed E-state index contributed by atoms with van der Waals surface area (Å²) in [6, 6.07) is 6.50. The highest BCUT2D eigenvalue weighted by Gasteiger charge is 2.15. The lowest BCUT2D eigenvalue weighted by Crippen LogP contribution is -2.19. The molecule has 1 atom stereocenters. The van der Waals surface area contributed by atoms with E-state index in [1.54, 1.807) is 0 Å². The molecule has 0 radical (unpaired) electrons. The van der Waals surface area contributed by atoms with E-state index in [-0.39, 0.29) is 0 Å². The van der Waals surface area contributed by atoms with Crippen molar-refractivity contribution < 1.29 is 4.74 Å². The monoisotopic (exact) mass is 192 g/mol. The van der Waals surface area contributed by atoms with Gasteiger partial charge in [-0.05, 0) is 31.0 Å². The number of benzene rings is 1. The van der Waals surface area contributed by atoms with Gasteiger partial charge in [-0.25, -0.2) is 0 Å². The molecule has 3 heteroatoms. The molecular weight excluding hydrogens is 176 g/mol. The van der Waals surface area contributed by atoms with E-state index in [1.807, 2.05) is 19.1 Å². The summed E-state index contributed by atoms with van der Waals surface area (Å²) in [5.74, 6) is 0. The Kier molecular flexibility index (Phi) is 2.59. The maximum Gasteiger partial charge on any atom is 0.0668 e. The highest BCUT2D eigenvalue weighted by atomic mass is 16.5. The zero-order chi connectivity index (χ0) is 9.97. The van der Waals surface area contributed by atoms with E-state index in [2.05, 4.69) is 11.4 Å². The van der Waals surface area contributed by atoms with E-state index >= 15 is 0 Å². The van der Waals surface area contributed by atoms with Crippen LogP contribution < -0.4 is 11.1 Å². The SMILES string of the molecule is Cc1ccc(NC2CCOC2)c(N)c1. The van der Waals surface area contributed by atoms with E-state index in [9.17, 15) is 0 Å². The van der Waals surface area contributed by atoms with Gasteiger partial charge in [0.2, 0.25) is 0 Å². The molecule has 0 aliphatic carbocycles. The molecule has 0 spiro atoms. The zero-order valence-electron chi connectivity index (χ0n) is 8.42. The second kappa shape index (κ2) is 3.88. The van der Waals surface area contributed by atoms with Crippen LogP contribution in [0.5, 0.6) is 0 Å². The van der Waals surface area contributed by atoms with Crippen molar-refractivity contribution in [2.24, 2.45) is 0 Å². The van der Waals surface area contributed by atoms with E-state index in [1.165, 1.54) is 5.56 Å². The number of aryl methyl sites for hydroxylation is 1. The third-order valence-electron chi connectivity index (χ3n) is 2.50. The fourth-order valence-corrected chi connectivity index (χ4v) is 1.68. The molecule has 0 bridgehead atoms. The van der Waals surface area contributed by atoms with Crippen LogP contribution in [-0.4, -0.2) is 19.3 Å². The normalized spacial score (nSPS) is 21.1. The molecule has 1 fully saturated rings. The average molecular weight is 192 g/mol. The Morgan fingerprint density at radius 2 is 2.36 bits per heavy atom. The minimum atomic E-state index is 0.417. The number of hydrogen-bond donors (Lipinski definition) is 2. The van der Waals surface area contributed by atoms with E-state index in [4.69, 9.17) is 10.5 Å². The molecule has 1 unspecified atom stereocenters. The van der Waals surface area contributed by atoms with Gasteiger partial charge in [0.25, 0.3) is 0 Å². The van der Waals surface area contributed by atoms with Gasteiger partial charge in [0.05, 0.1) is 24.0 Å². The average Bonchev–Trinajstić information content (AvgIpc) is 2.62. The first kappa shape index (κ1) is 9.34. The zero-order valence-corrected chi connectivity index (χ0v) is 8.42. The number of ether oxygens (including phenoxy) is 1. The van der Waals surface area contributed by atoms with Crippen molar-refractivity contribution in [2.45, 2.75) is 19.4 Å². The third kappa shape index (κ3) is 1.99. The number of nitrogen functional groups attached to an aromatic ring is 1. The van der Waals surface area contributed by atoms with Crippen molar-refractivity contribution in [3.8, 4) is 0 Å². The van der Waals surface area contributed by atoms with Gasteiger partial charge in [0.15, 0.2) is 0 Å². The van der Waals surface area contributed by atoms with Gasteiger partial charge in [-0.1, -0.05) is 6.07 Å². The van der Waals surface area contributed by atoms with Crippen LogP contribution in [0, 0.1) is 6.92 Å². The highest BCUT2D eigenvalue weighted by Crippen LogP contribution is 2.21.